The van der Waals surface area contributed by atoms with Crippen molar-refractivity contribution in [3.05, 3.63) is 53.3 Å². The minimum Gasteiger partial charge on any atom is -0.298 e. The summed E-state index contributed by atoms with van der Waals surface area (Å²) >= 11 is 0. The van der Waals surface area contributed by atoms with Crippen molar-refractivity contribution >= 4 is 0 Å². The van der Waals surface area contributed by atoms with Gasteiger partial charge in [-0.05, 0) is 37.1 Å². The predicted molar refractivity (Wildman–Crippen MR) is 77.3 cm³/mol. The maximum atomic E-state index is 13.1. The third kappa shape index (κ3) is 3.32. The molecule has 1 aliphatic rings. The molecule has 1 saturated heterocycles. The van der Waals surface area contributed by atoms with Crippen LogP contribution in [0.15, 0.2) is 36.5 Å². The van der Waals surface area contributed by atoms with Crippen molar-refractivity contribution in [1.82, 2.24) is 15.1 Å². The molecule has 1 aromatic heterocycles. The molecule has 6 heteroatoms. The Kier molecular flexibility index (Phi) is 4.20. The fourth-order valence-electron chi connectivity index (χ4n) is 3.12. The first kappa shape index (κ1) is 15.1. The molecule has 1 atom stereocenters. The fourth-order valence-corrected chi connectivity index (χ4v) is 3.12. The molecule has 3 rings (SSSR count). The smallest absolute Gasteiger partial charge is 0.298 e. The first-order valence-corrected chi connectivity index (χ1v) is 7.41. The first-order valence-electron chi connectivity index (χ1n) is 7.41. The van der Waals surface area contributed by atoms with Gasteiger partial charge in [0.25, 0.3) is 0 Å². The standard InChI is InChI=1S/C16H18F3N3/c17-16(18,19)14-6-2-1-4-12(14)10-22-9-3-5-13(11-22)15-7-8-20-21-15/h1-2,4,6-8,13H,3,5,9-11H2,(H,20,21). The van der Waals surface area contributed by atoms with Gasteiger partial charge in [-0.3, -0.25) is 10.00 Å². The van der Waals surface area contributed by atoms with Gasteiger partial charge in [0, 0.05) is 30.9 Å². The molecule has 1 unspecified atom stereocenters. The Morgan fingerprint density at radius 1 is 1.23 bits per heavy atom. The first-order chi connectivity index (χ1) is 10.5. The van der Waals surface area contributed by atoms with Gasteiger partial charge in [0.2, 0.25) is 0 Å². The monoisotopic (exact) mass is 309 g/mol. The fraction of sp³-hybridized carbons (Fsp3) is 0.438. The summed E-state index contributed by atoms with van der Waals surface area (Å²) < 4.78 is 39.2. The third-order valence-electron chi connectivity index (χ3n) is 4.18. The summed E-state index contributed by atoms with van der Waals surface area (Å²) in [6.07, 6.45) is -0.556. The summed E-state index contributed by atoms with van der Waals surface area (Å²) in [5.41, 5.74) is 0.882. The Labute approximate surface area is 127 Å². The molecule has 0 saturated carbocycles. The molecular formula is C16H18F3N3. The highest BCUT2D eigenvalue weighted by Crippen LogP contribution is 2.33. The second-order valence-corrected chi connectivity index (χ2v) is 5.74. The van der Waals surface area contributed by atoms with Crippen LogP contribution in [0, 0.1) is 0 Å². The lowest BCUT2D eigenvalue weighted by atomic mass is 9.94. The van der Waals surface area contributed by atoms with Crippen LogP contribution in [0.4, 0.5) is 13.2 Å². The third-order valence-corrected chi connectivity index (χ3v) is 4.18. The lowest BCUT2D eigenvalue weighted by Gasteiger charge is -2.32. The Hall–Kier alpha value is -1.82. The Morgan fingerprint density at radius 2 is 2.05 bits per heavy atom. The van der Waals surface area contributed by atoms with E-state index >= 15 is 0 Å². The second kappa shape index (κ2) is 6.12. The molecule has 1 N–H and O–H groups in total. The Balaban J connectivity index is 1.74. The van der Waals surface area contributed by atoms with E-state index in [2.05, 4.69) is 15.1 Å². The molecular weight excluding hydrogens is 291 g/mol. The van der Waals surface area contributed by atoms with Gasteiger partial charge < -0.3 is 0 Å². The summed E-state index contributed by atoms with van der Waals surface area (Å²) in [5.74, 6) is 0.314. The molecule has 2 aromatic rings. The van der Waals surface area contributed by atoms with E-state index in [-0.39, 0.29) is 0 Å². The highest BCUT2D eigenvalue weighted by Gasteiger charge is 2.33. The van der Waals surface area contributed by atoms with Gasteiger partial charge in [-0.15, -0.1) is 0 Å². The number of aromatic amines is 1. The van der Waals surface area contributed by atoms with E-state index in [4.69, 9.17) is 0 Å². The number of nitrogens with zero attached hydrogens (tertiary/aromatic N) is 2. The van der Waals surface area contributed by atoms with Gasteiger partial charge >= 0.3 is 6.18 Å². The minimum absolute atomic E-state index is 0.314. The van der Waals surface area contributed by atoms with Crippen molar-refractivity contribution in [2.24, 2.45) is 0 Å². The Bertz CT molecular complexity index is 607. The zero-order chi connectivity index (χ0) is 15.6. The highest BCUT2D eigenvalue weighted by atomic mass is 19.4. The van der Waals surface area contributed by atoms with Crippen molar-refractivity contribution in [1.29, 1.82) is 0 Å². The lowest BCUT2D eigenvalue weighted by Crippen LogP contribution is -2.34. The SMILES string of the molecule is FC(F)(F)c1ccccc1CN1CCCC(c2ccn[nH]2)C1. The number of alkyl halides is 3. The van der Waals surface area contributed by atoms with Crippen molar-refractivity contribution in [3.63, 3.8) is 0 Å². The van der Waals surface area contributed by atoms with Gasteiger partial charge in [0.1, 0.15) is 0 Å². The van der Waals surface area contributed by atoms with Crippen LogP contribution >= 0.6 is 0 Å². The number of hydrogen-bond donors (Lipinski definition) is 1. The van der Waals surface area contributed by atoms with E-state index in [0.717, 1.165) is 37.7 Å². The summed E-state index contributed by atoms with van der Waals surface area (Å²) in [4.78, 5) is 2.10. The zero-order valence-corrected chi connectivity index (χ0v) is 12.1. The predicted octanol–water partition coefficient (Wildman–Crippen LogP) is 3.81. The molecule has 118 valence electrons. The number of nitrogens with one attached hydrogen (secondary N) is 1. The van der Waals surface area contributed by atoms with Gasteiger partial charge in [-0.25, -0.2) is 0 Å². The summed E-state index contributed by atoms with van der Waals surface area (Å²) in [6, 6.07) is 7.78. The van der Waals surface area contributed by atoms with Crippen LogP contribution in [0.2, 0.25) is 0 Å². The van der Waals surface area contributed by atoms with E-state index < -0.39 is 11.7 Å². The largest absolute Gasteiger partial charge is 0.416 e. The molecule has 0 spiro atoms. The topological polar surface area (TPSA) is 31.9 Å². The maximum Gasteiger partial charge on any atom is 0.416 e. The molecule has 2 heterocycles. The molecule has 1 aliphatic heterocycles. The van der Waals surface area contributed by atoms with E-state index in [1.54, 1.807) is 18.3 Å². The van der Waals surface area contributed by atoms with Crippen LogP contribution in [0.3, 0.4) is 0 Å². The average Bonchev–Trinajstić information content (AvgIpc) is 3.01. The molecule has 0 bridgehead atoms. The molecule has 0 amide bonds. The van der Waals surface area contributed by atoms with Crippen molar-refractivity contribution in [3.8, 4) is 0 Å². The highest BCUT2D eigenvalue weighted by molar-refractivity contribution is 5.29. The van der Waals surface area contributed by atoms with Gasteiger partial charge in [-0.2, -0.15) is 18.3 Å². The van der Waals surface area contributed by atoms with Crippen LogP contribution in [0.5, 0.6) is 0 Å². The zero-order valence-electron chi connectivity index (χ0n) is 12.1. The number of likely N-dealkylation sites (tertiary alicyclic amines) is 1. The average molecular weight is 309 g/mol. The molecule has 3 nitrogen and oxygen atoms in total. The van der Waals surface area contributed by atoms with E-state index in [9.17, 15) is 13.2 Å². The van der Waals surface area contributed by atoms with Crippen molar-refractivity contribution in [2.75, 3.05) is 13.1 Å². The molecule has 22 heavy (non-hydrogen) atoms. The van der Waals surface area contributed by atoms with Crippen LogP contribution in [0.25, 0.3) is 0 Å². The molecule has 1 fully saturated rings. The summed E-state index contributed by atoms with van der Waals surface area (Å²) in [7, 11) is 0. The summed E-state index contributed by atoms with van der Waals surface area (Å²) in [6.45, 7) is 1.92. The van der Waals surface area contributed by atoms with Crippen molar-refractivity contribution in [2.45, 2.75) is 31.5 Å². The van der Waals surface area contributed by atoms with Crippen molar-refractivity contribution < 1.29 is 13.2 Å². The number of rotatable bonds is 3. The molecule has 0 aliphatic carbocycles. The minimum atomic E-state index is -4.30. The van der Waals surface area contributed by atoms with Crippen LogP contribution in [-0.2, 0) is 12.7 Å². The molecule has 1 aromatic carbocycles. The van der Waals surface area contributed by atoms with E-state index in [1.165, 1.54) is 6.07 Å². The van der Waals surface area contributed by atoms with Gasteiger partial charge in [-0.1, -0.05) is 18.2 Å². The van der Waals surface area contributed by atoms with E-state index in [0.29, 0.717) is 18.0 Å². The quantitative estimate of drug-likeness (QED) is 0.935. The van der Waals surface area contributed by atoms with Gasteiger partial charge in [0.15, 0.2) is 0 Å². The number of piperidine rings is 1. The lowest BCUT2D eigenvalue weighted by molar-refractivity contribution is -0.138. The number of aromatic nitrogens is 2. The number of hydrogen-bond acceptors (Lipinski definition) is 2. The van der Waals surface area contributed by atoms with Crippen LogP contribution in [0.1, 0.15) is 35.6 Å². The maximum absolute atomic E-state index is 13.1. The Morgan fingerprint density at radius 3 is 2.77 bits per heavy atom. The summed E-state index contributed by atoms with van der Waals surface area (Å²) in [5, 5.41) is 6.93. The van der Waals surface area contributed by atoms with Gasteiger partial charge in [0.05, 0.1) is 5.56 Å². The number of benzene rings is 1. The molecule has 0 radical (unpaired) electrons. The van der Waals surface area contributed by atoms with Crippen LogP contribution in [-0.4, -0.2) is 28.2 Å². The van der Waals surface area contributed by atoms with E-state index in [1.807, 2.05) is 6.07 Å². The number of H-pyrrole nitrogens is 1. The normalized spacial score (nSPS) is 20.2. The van der Waals surface area contributed by atoms with Crippen LogP contribution < -0.4 is 0 Å². The second-order valence-electron chi connectivity index (χ2n) is 5.74. The number of halogens is 3.